The molecule has 2 N–H and O–H groups in total. The first-order valence-electron chi connectivity index (χ1n) is 5.18. The zero-order valence-electron chi connectivity index (χ0n) is 9.01. The number of fused-ring (bicyclic) bond motifs is 1. The number of carbonyl (C=O) groups excluding carboxylic acids is 2. The molecule has 0 spiro atoms. The molecule has 5 nitrogen and oxygen atoms in total. The third kappa shape index (κ3) is 1.49. The molecule has 16 heavy (non-hydrogen) atoms. The van der Waals surface area contributed by atoms with Gasteiger partial charge in [-0.25, -0.2) is 0 Å². The summed E-state index contributed by atoms with van der Waals surface area (Å²) in [6.07, 6.45) is 3.56. The van der Waals surface area contributed by atoms with Gasteiger partial charge in [0.2, 0.25) is 0 Å². The Kier molecular flexibility index (Phi) is 2.70. The van der Waals surface area contributed by atoms with Crippen LogP contribution < -0.4 is 5.73 Å². The molecule has 0 saturated heterocycles. The minimum atomic E-state index is -0.269. The van der Waals surface area contributed by atoms with Crippen molar-refractivity contribution in [1.82, 2.24) is 9.88 Å². The van der Waals surface area contributed by atoms with Crippen molar-refractivity contribution < 1.29 is 9.59 Å². The van der Waals surface area contributed by atoms with Crippen LogP contribution in [0.3, 0.4) is 0 Å². The van der Waals surface area contributed by atoms with Crippen molar-refractivity contribution >= 4 is 11.8 Å². The molecule has 2 rings (SSSR count). The topological polar surface area (TPSA) is 76.3 Å². The lowest BCUT2D eigenvalue weighted by Crippen LogP contribution is -2.39. The summed E-state index contributed by atoms with van der Waals surface area (Å²) >= 11 is 0. The van der Waals surface area contributed by atoms with Gasteiger partial charge in [0.15, 0.2) is 0 Å². The van der Waals surface area contributed by atoms with Gasteiger partial charge in [0, 0.05) is 18.4 Å². The zero-order chi connectivity index (χ0) is 11.7. The van der Waals surface area contributed by atoms with E-state index in [2.05, 4.69) is 4.98 Å². The van der Waals surface area contributed by atoms with E-state index in [1.54, 1.807) is 6.07 Å². The number of nitrogens with zero attached hydrogens (tertiary/aromatic N) is 2. The fourth-order valence-corrected chi connectivity index (χ4v) is 1.87. The van der Waals surface area contributed by atoms with E-state index >= 15 is 0 Å². The number of carbonyl (C=O) groups is 2. The number of pyridine rings is 1. The molecule has 0 aromatic carbocycles. The maximum absolute atomic E-state index is 12.0. The van der Waals surface area contributed by atoms with E-state index in [9.17, 15) is 9.59 Å². The van der Waals surface area contributed by atoms with Crippen molar-refractivity contribution in [2.75, 3.05) is 6.54 Å². The van der Waals surface area contributed by atoms with E-state index in [-0.39, 0.29) is 17.9 Å². The van der Waals surface area contributed by atoms with Gasteiger partial charge >= 0.3 is 0 Å². The Morgan fingerprint density at radius 2 is 2.06 bits per heavy atom. The Morgan fingerprint density at radius 1 is 1.38 bits per heavy atom. The first kappa shape index (κ1) is 10.8. The first-order chi connectivity index (χ1) is 7.66. The van der Waals surface area contributed by atoms with Crippen molar-refractivity contribution in [3.05, 3.63) is 29.6 Å². The van der Waals surface area contributed by atoms with Gasteiger partial charge in [-0.15, -0.1) is 0 Å². The van der Waals surface area contributed by atoms with Gasteiger partial charge in [-0.3, -0.25) is 19.5 Å². The molecular weight excluding hydrogens is 206 g/mol. The monoisotopic (exact) mass is 219 g/mol. The zero-order valence-corrected chi connectivity index (χ0v) is 9.01. The van der Waals surface area contributed by atoms with Crippen LogP contribution in [0.15, 0.2) is 18.5 Å². The number of nitrogens with two attached hydrogens (primary N) is 1. The highest BCUT2D eigenvalue weighted by molar-refractivity contribution is 6.21. The average Bonchev–Trinajstić information content (AvgIpc) is 2.53. The molecule has 1 unspecified atom stereocenters. The van der Waals surface area contributed by atoms with E-state index in [1.807, 2.05) is 6.92 Å². The molecule has 0 bridgehead atoms. The molecule has 1 aliphatic heterocycles. The minimum Gasteiger partial charge on any atom is -0.330 e. The number of rotatable bonds is 3. The number of imide groups is 1. The lowest BCUT2D eigenvalue weighted by Gasteiger charge is -2.21. The Bertz CT molecular complexity index is 410. The SMILES string of the molecule is CC(CCN)N1C(=O)c2ccncc2C1=O. The van der Waals surface area contributed by atoms with Crippen LogP contribution in [-0.2, 0) is 0 Å². The van der Waals surface area contributed by atoms with Crippen molar-refractivity contribution in [1.29, 1.82) is 0 Å². The van der Waals surface area contributed by atoms with E-state index in [0.29, 0.717) is 24.1 Å². The van der Waals surface area contributed by atoms with Crippen LogP contribution >= 0.6 is 0 Å². The molecule has 2 amide bonds. The molecule has 1 aliphatic rings. The molecule has 1 aromatic rings. The second-order valence-corrected chi connectivity index (χ2v) is 3.83. The van der Waals surface area contributed by atoms with E-state index in [0.717, 1.165) is 0 Å². The van der Waals surface area contributed by atoms with Crippen LogP contribution in [0.2, 0.25) is 0 Å². The summed E-state index contributed by atoms with van der Waals surface area (Å²) in [4.78, 5) is 29.0. The van der Waals surface area contributed by atoms with Crippen molar-refractivity contribution in [2.45, 2.75) is 19.4 Å². The standard InChI is InChI=1S/C11H13N3O2/c1-7(2-4-12)14-10(15)8-3-5-13-6-9(8)11(14)16/h3,5-7H,2,4,12H2,1H3. The maximum Gasteiger partial charge on any atom is 0.263 e. The van der Waals surface area contributed by atoms with Crippen LogP contribution in [0.1, 0.15) is 34.1 Å². The minimum absolute atomic E-state index is 0.169. The summed E-state index contributed by atoms with van der Waals surface area (Å²) in [6, 6.07) is 1.41. The van der Waals surface area contributed by atoms with Crippen molar-refractivity contribution in [2.24, 2.45) is 5.73 Å². The first-order valence-corrected chi connectivity index (χ1v) is 5.18. The number of amides is 2. The van der Waals surface area contributed by atoms with Crippen LogP contribution in [0.4, 0.5) is 0 Å². The van der Waals surface area contributed by atoms with Crippen molar-refractivity contribution in [3.63, 3.8) is 0 Å². The van der Waals surface area contributed by atoms with E-state index < -0.39 is 0 Å². The average molecular weight is 219 g/mol. The third-order valence-corrected chi connectivity index (χ3v) is 2.74. The molecule has 84 valence electrons. The summed E-state index contributed by atoms with van der Waals surface area (Å²) in [7, 11) is 0. The molecule has 1 aromatic heterocycles. The number of aromatic nitrogens is 1. The van der Waals surface area contributed by atoms with Crippen LogP contribution in [0.5, 0.6) is 0 Å². The molecule has 0 saturated carbocycles. The summed E-state index contributed by atoms with van der Waals surface area (Å²) in [6.45, 7) is 2.27. The van der Waals surface area contributed by atoms with Gasteiger partial charge in [-0.2, -0.15) is 0 Å². The Balaban J connectivity index is 2.35. The fourth-order valence-electron chi connectivity index (χ4n) is 1.87. The van der Waals surface area contributed by atoms with Crippen molar-refractivity contribution in [3.8, 4) is 0 Å². The van der Waals surface area contributed by atoms with Gasteiger partial charge in [-0.1, -0.05) is 0 Å². The summed E-state index contributed by atoms with van der Waals surface area (Å²) in [5, 5.41) is 0. The summed E-state index contributed by atoms with van der Waals surface area (Å²) in [5.74, 6) is -0.516. The Morgan fingerprint density at radius 3 is 2.69 bits per heavy atom. The maximum atomic E-state index is 12.0. The van der Waals surface area contributed by atoms with Crippen LogP contribution in [0, 0.1) is 0 Å². The predicted molar refractivity (Wildman–Crippen MR) is 57.9 cm³/mol. The highest BCUT2D eigenvalue weighted by Gasteiger charge is 2.37. The molecule has 2 heterocycles. The Hall–Kier alpha value is -1.75. The molecule has 0 radical (unpaired) electrons. The van der Waals surface area contributed by atoms with Gasteiger partial charge < -0.3 is 5.73 Å². The third-order valence-electron chi connectivity index (χ3n) is 2.74. The van der Waals surface area contributed by atoms with Gasteiger partial charge in [-0.05, 0) is 26.0 Å². The second kappa shape index (κ2) is 4.02. The number of hydrogen-bond donors (Lipinski definition) is 1. The van der Waals surface area contributed by atoms with Crippen LogP contribution in [-0.4, -0.2) is 34.3 Å². The van der Waals surface area contributed by atoms with E-state index in [1.165, 1.54) is 17.3 Å². The largest absolute Gasteiger partial charge is 0.330 e. The Labute approximate surface area is 93.3 Å². The molecular formula is C11H13N3O2. The molecule has 5 heteroatoms. The summed E-state index contributed by atoms with van der Waals surface area (Å²) < 4.78 is 0. The molecule has 0 aliphatic carbocycles. The normalized spacial score (nSPS) is 16.5. The lowest BCUT2D eigenvalue weighted by atomic mass is 10.2. The molecule has 0 fully saturated rings. The van der Waals surface area contributed by atoms with Gasteiger partial charge in [0.25, 0.3) is 11.8 Å². The quantitative estimate of drug-likeness (QED) is 0.747. The highest BCUT2D eigenvalue weighted by atomic mass is 16.2. The number of hydrogen-bond acceptors (Lipinski definition) is 4. The second-order valence-electron chi connectivity index (χ2n) is 3.83. The fraction of sp³-hybridized carbons (Fsp3) is 0.364. The predicted octanol–water partition coefficient (Wildman–Crippen LogP) is 0.415. The highest BCUT2D eigenvalue weighted by Crippen LogP contribution is 2.24. The van der Waals surface area contributed by atoms with Crippen LogP contribution in [0.25, 0.3) is 0 Å². The smallest absolute Gasteiger partial charge is 0.263 e. The summed E-state index contributed by atoms with van der Waals surface area (Å²) in [5.41, 5.74) is 6.25. The van der Waals surface area contributed by atoms with Gasteiger partial charge in [0.1, 0.15) is 0 Å². The lowest BCUT2D eigenvalue weighted by molar-refractivity contribution is 0.0592. The van der Waals surface area contributed by atoms with Gasteiger partial charge in [0.05, 0.1) is 11.1 Å². The molecule has 1 atom stereocenters. The van der Waals surface area contributed by atoms with E-state index in [4.69, 9.17) is 5.73 Å².